The standard InChI is InChI=1S/C22H21N2/c1-3-16-14-15-20-22(18(16)4-2)24(17-10-6-5-7-11-17)21-13-9-8-12-19(21)23-20/h5-15H,3-4H2,1-2H3/q+1. The monoisotopic (exact) mass is 313 g/mol. The quantitative estimate of drug-likeness (QED) is 0.392. The number of hydrogen-bond donors (Lipinski definition) is 0. The predicted octanol–water partition coefficient (Wildman–Crippen LogP) is 4.79. The van der Waals surface area contributed by atoms with Gasteiger partial charge in [-0.15, -0.1) is 4.57 Å². The van der Waals surface area contributed by atoms with Crippen LogP contribution in [0.25, 0.3) is 27.8 Å². The predicted molar refractivity (Wildman–Crippen MR) is 99.5 cm³/mol. The molecule has 2 nitrogen and oxygen atoms in total. The first-order valence-corrected chi connectivity index (χ1v) is 8.64. The van der Waals surface area contributed by atoms with Crippen LogP contribution in [-0.2, 0) is 12.8 Å². The number of fused-ring (bicyclic) bond motifs is 2. The van der Waals surface area contributed by atoms with Crippen LogP contribution in [-0.4, -0.2) is 4.98 Å². The molecule has 0 aliphatic carbocycles. The maximum absolute atomic E-state index is 4.93. The SMILES string of the molecule is CCc1ccc2nc3ccccc3[n+](-c3ccccc3)c2c1CC. The van der Waals surface area contributed by atoms with Crippen LogP contribution in [0.5, 0.6) is 0 Å². The highest BCUT2D eigenvalue weighted by Crippen LogP contribution is 2.24. The lowest BCUT2D eigenvalue weighted by Crippen LogP contribution is -2.34. The molecule has 2 heteroatoms. The van der Waals surface area contributed by atoms with Crippen LogP contribution >= 0.6 is 0 Å². The van der Waals surface area contributed by atoms with E-state index in [-0.39, 0.29) is 0 Å². The molecular weight excluding hydrogens is 292 g/mol. The third-order valence-corrected chi connectivity index (χ3v) is 4.69. The topological polar surface area (TPSA) is 16.8 Å². The summed E-state index contributed by atoms with van der Waals surface area (Å²) in [4.78, 5) is 4.93. The van der Waals surface area contributed by atoms with Crippen molar-refractivity contribution in [3.63, 3.8) is 0 Å². The molecule has 24 heavy (non-hydrogen) atoms. The zero-order valence-electron chi connectivity index (χ0n) is 14.2. The molecule has 0 aliphatic rings. The molecule has 0 N–H and O–H groups in total. The van der Waals surface area contributed by atoms with E-state index in [2.05, 4.69) is 85.1 Å². The number of nitrogens with zero attached hydrogens (tertiary/aromatic N) is 2. The zero-order chi connectivity index (χ0) is 16.5. The van der Waals surface area contributed by atoms with Crippen molar-refractivity contribution in [2.75, 3.05) is 0 Å². The number of rotatable bonds is 3. The van der Waals surface area contributed by atoms with Crippen molar-refractivity contribution < 1.29 is 4.57 Å². The van der Waals surface area contributed by atoms with Crippen molar-refractivity contribution in [2.24, 2.45) is 0 Å². The van der Waals surface area contributed by atoms with Gasteiger partial charge in [-0.05, 0) is 30.5 Å². The lowest BCUT2D eigenvalue weighted by atomic mass is 10.00. The lowest BCUT2D eigenvalue weighted by Gasteiger charge is -2.11. The van der Waals surface area contributed by atoms with Gasteiger partial charge in [0.1, 0.15) is 11.0 Å². The molecule has 1 aromatic heterocycles. The minimum Gasteiger partial charge on any atom is -0.235 e. The minimum atomic E-state index is 1.01. The van der Waals surface area contributed by atoms with E-state index in [1.807, 2.05) is 0 Å². The van der Waals surface area contributed by atoms with E-state index in [0.717, 1.165) is 29.4 Å². The smallest absolute Gasteiger partial charge is 0.235 e. The Labute approximate surface area is 142 Å². The molecule has 0 unspecified atom stereocenters. The van der Waals surface area contributed by atoms with Gasteiger partial charge in [0.05, 0.1) is 0 Å². The Balaban J connectivity index is 2.25. The van der Waals surface area contributed by atoms with Crippen LogP contribution in [0.3, 0.4) is 0 Å². The fourth-order valence-electron chi connectivity index (χ4n) is 3.57. The molecule has 118 valence electrons. The van der Waals surface area contributed by atoms with Crippen LogP contribution < -0.4 is 4.57 Å². The largest absolute Gasteiger partial charge is 0.241 e. The molecule has 4 aromatic rings. The number of aryl methyl sites for hydroxylation is 2. The first kappa shape index (κ1) is 14.8. The molecule has 0 saturated carbocycles. The van der Waals surface area contributed by atoms with E-state index in [4.69, 9.17) is 4.98 Å². The molecule has 3 aromatic carbocycles. The van der Waals surface area contributed by atoms with Gasteiger partial charge in [0, 0.05) is 23.8 Å². The second kappa shape index (κ2) is 6.04. The lowest BCUT2D eigenvalue weighted by molar-refractivity contribution is -0.538. The Morgan fingerprint density at radius 1 is 0.750 bits per heavy atom. The van der Waals surface area contributed by atoms with E-state index in [9.17, 15) is 0 Å². The molecule has 0 fully saturated rings. The Morgan fingerprint density at radius 2 is 1.50 bits per heavy atom. The molecule has 0 spiro atoms. The molecule has 1 heterocycles. The summed E-state index contributed by atoms with van der Waals surface area (Å²) >= 11 is 0. The van der Waals surface area contributed by atoms with Crippen LogP contribution in [0.4, 0.5) is 0 Å². The third-order valence-electron chi connectivity index (χ3n) is 4.69. The number of benzene rings is 3. The Kier molecular flexibility index (Phi) is 3.73. The molecular formula is C22H21N2+. The van der Waals surface area contributed by atoms with E-state index < -0.39 is 0 Å². The second-order valence-electron chi connectivity index (χ2n) is 6.05. The summed E-state index contributed by atoms with van der Waals surface area (Å²) in [6.07, 6.45) is 2.05. The van der Waals surface area contributed by atoms with Crippen molar-refractivity contribution in [3.8, 4) is 5.69 Å². The van der Waals surface area contributed by atoms with Gasteiger partial charge in [-0.3, -0.25) is 0 Å². The van der Waals surface area contributed by atoms with E-state index in [1.165, 1.54) is 22.3 Å². The molecule has 0 saturated heterocycles. The average molecular weight is 313 g/mol. The first-order valence-electron chi connectivity index (χ1n) is 8.64. The van der Waals surface area contributed by atoms with E-state index in [1.54, 1.807) is 0 Å². The third kappa shape index (κ3) is 2.26. The maximum Gasteiger partial charge on any atom is 0.241 e. The second-order valence-corrected chi connectivity index (χ2v) is 6.05. The van der Waals surface area contributed by atoms with Gasteiger partial charge >= 0.3 is 0 Å². The van der Waals surface area contributed by atoms with E-state index in [0.29, 0.717) is 0 Å². The normalized spacial score (nSPS) is 11.2. The van der Waals surface area contributed by atoms with Crippen molar-refractivity contribution >= 4 is 22.1 Å². The fraction of sp³-hybridized carbons (Fsp3) is 0.182. The molecule has 0 bridgehead atoms. The van der Waals surface area contributed by atoms with Gasteiger partial charge in [-0.25, -0.2) is 4.98 Å². The van der Waals surface area contributed by atoms with Crippen molar-refractivity contribution in [1.82, 2.24) is 4.98 Å². The van der Waals surface area contributed by atoms with Gasteiger partial charge < -0.3 is 0 Å². The molecule has 0 atom stereocenters. The fourth-order valence-corrected chi connectivity index (χ4v) is 3.57. The highest BCUT2D eigenvalue weighted by molar-refractivity contribution is 5.84. The van der Waals surface area contributed by atoms with Gasteiger partial charge in [0.2, 0.25) is 16.7 Å². The molecule has 0 amide bonds. The summed E-state index contributed by atoms with van der Waals surface area (Å²) in [5.41, 5.74) is 8.47. The maximum atomic E-state index is 4.93. The molecule has 0 radical (unpaired) electrons. The minimum absolute atomic E-state index is 1.01. The highest BCUT2D eigenvalue weighted by Gasteiger charge is 2.22. The van der Waals surface area contributed by atoms with E-state index >= 15 is 0 Å². The van der Waals surface area contributed by atoms with Gasteiger partial charge in [-0.2, -0.15) is 0 Å². The summed E-state index contributed by atoms with van der Waals surface area (Å²) in [5.74, 6) is 0. The van der Waals surface area contributed by atoms with Crippen molar-refractivity contribution in [2.45, 2.75) is 26.7 Å². The van der Waals surface area contributed by atoms with Gasteiger partial charge in [0.15, 0.2) is 0 Å². The number of hydrogen-bond acceptors (Lipinski definition) is 1. The van der Waals surface area contributed by atoms with Crippen molar-refractivity contribution in [3.05, 3.63) is 77.9 Å². The average Bonchev–Trinajstić information content (AvgIpc) is 2.65. The summed E-state index contributed by atoms with van der Waals surface area (Å²) < 4.78 is 2.37. The van der Waals surface area contributed by atoms with Crippen LogP contribution in [0, 0.1) is 0 Å². The van der Waals surface area contributed by atoms with Crippen molar-refractivity contribution in [1.29, 1.82) is 0 Å². The van der Waals surface area contributed by atoms with Crippen LogP contribution in [0.15, 0.2) is 66.7 Å². The molecule has 0 aliphatic heterocycles. The van der Waals surface area contributed by atoms with Crippen LogP contribution in [0.1, 0.15) is 25.0 Å². The van der Waals surface area contributed by atoms with Gasteiger partial charge in [0.25, 0.3) is 0 Å². The Hall–Kier alpha value is -2.74. The number of aromatic nitrogens is 2. The summed E-state index contributed by atoms with van der Waals surface area (Å²) in [7, 11) is 0. The highest BCUT2D eigenvalue weighted by atomic mass is 15.0. The summed E-state index contributed by atoms with van der Waals surface area (Å²) in [6, 6.07) is 23.4. The van der Waals surface area contributed by atoms with Crippen LogP contribution in [0.2, 0.25) is 0 Å². The summed E-state index contributed by atoms with van der Waals surface area (Å²) in [5, 5.41) is 0. The zero-order valence-corrected chi connectivity index (χ0v) is 14.2. The Bertz CT molecular complexity index is 1020. The number of para-hydroxylation sites is 3. The Morgan fingerprint density at radius 3 is 2.25 bits per heavy atom. The molecule has 4 rings (SSSR count). The first-order chi connectivity index (χ1) is 11.8. The summed E-state index contributed by atoms with van der Waals surface area (Å²) in [6.45, 7) is 4.46. The van der Waals surface area contributed by atoms with Gasteiger partial charge in [-0.1, -0.05) is 50.2 Å².